The van der Waals surface area contributed by atoms with Crippen molar-refractivity contribution in [3.05, 3.63) is 0 Å². The molecule has 0 heterocycles. The molecule has 0 aliphatic carbocycles. The lowest BCUT2D eigenvalue weighted by Crippen LogP contribution is -2.02. The second-order valence-electron chi connectivity index (χ2n) is 1.47. The molecule has 12 heavy (non-hydrogen) atoms. The molecule has 0 radical (unpaired) electrons. The van der Waals surface area contributed by atoms with Crippen molar-refractivity contribution in [2.45, 2.75) is 13.8 Å². The smallest absolute Gasteiger partial charge is 0.327 e. The Bertz CT molecular complexity index is 115. The van der Waals surface area contributed by atoms with Gasteiger partial charge in [-0.2, -0.15) is 0 Å². The van der Waals surface area contributed by atoms with Crippen LogP contribution in [0.5, 0.6) is 0 Å². The van der Waals surface area contributed by atoms with E-state index in [0.29, 0.717) is 6.61 Å². The van der Waals surface area contributed by atoms with Crippen LogP contribution in [-0.4, -0.2) is 27.3 Å². The summed E-state index contributed by atoms with van der Waals surface area (Å²) in [4.78, 5) is 15.9. The summed E-state index contributed by atoms with van der Waals surface area (Å²) in [6.45, 7) is 4.02. The van der Waals surface area contributed by atoms with Crippen LogP contribution in [-0.2, 0) is 4.52 Å². The van der Waals surface area contributed by atoms with Crippen molar-refractivity contribution in [2.24, 2.45) is 5.73 Å². The summed E-state index contributed by atoms with van der Waals surface area (Å²) >= 11 is 1.35. The normalized spacial score (nSPS) is 9.08. The standard InChI is InChI=1S/C3H8N2S.C2H7O3P/c1-2-6-3(4)5;1-2-5-6(3)4/h2H2,1H3,(H3,4,5);3-4H,2H2,1H3. The van der Waals surface area contributed by atoms with E-state index in [0.717, 1.165) is 5.75 Å². The number of thioether (sulfide) groups is 1. The molecule has 0 saturated heterocycles. The number of nitrogens with one attached hydrogen (secondary N) is 1. The van der Waals surface area contributed by atoms with Gasteiger partial charge in [-0.05, 0) is 12.7 Å². The minimum atomic E-state index is -2.10. The number of rotatable bonds is 3. The first-order chi connectivity index (χ1) is 5.54. The fourth-order valence-corrected chi connectivity index (χ4v) is 0.813. The molecule has 0 saturated carbocycles. The maximum Gasteiger partial charge on any atom is 0.327 e. The van der Waals surface area contributed by atoms with Gasteiger partial charge >= 0.3 is 8.60 Å². The third kappa shape index (κ3) is 22.5. The molecule has 0 bridgehead atoms. The number of hydrogen-bond acceptors (Lipinski definition) is 5. The Labute approximate surface area is 77.8 Å². The maximum atomic E-state index is 7.95. The molecule has 5 N–H and O–H groups in total. The van der Waals surface area contributed by atoms with Gasteiger partial charge in [-0.25, -0.2) is 0 Å². The summed E-state index contributed by atoms with van der Waals surface area (Å²) in [5.74, 6) is 0.898. The SMILES string of the molecule is CCOP(O)O.CCSC(=N)N. The number of hydrogen-bond donors (Lipinski definition) is 4. The third-order valence-corrected chi connectivity index (χ3v) is 1.63. The molecule has 0 unspecified atom stereocenters. The highest BCUT2D eigenvalue weighted by atomic mass is 32.2. The van der Waals surface area contributed by atoms with Gasteiger partial charge in [-0.15, -0.1) is 0 Å². The Morgan fingerprint density at radius 1 is 1.58 bits per heavy atom. The Morgan fingerprint density at radius 2 is 2.08 bits per heavy atom. The first-order valence-electron chi connectivity index (χ1n) is 3.32. The lowest BCUT2D eigenvalue weighted by Gasteiger charge is -1.95. The molecule has 5 nitrogen and oxygen atoms in total. The highest BCUT2D eigenvalue weighted by Gasteiger charge is 1.91. The summed E-state index contributed by atoms with van der Waals surface area (Å²) in [6.07, 6.45) is 0. The van der Waals surface area contributed by atoms with Gasteiger partial charge in [0.1, 0.15) is 0 Å². The predicted molar refractivity (Wildman–Crippen MR) is 53.0 cm³/mol. The first kappa shape index (κ1) is 14.6. The topological polar surface area (TPSA) is 99.6 Å². The predicted octanol–water partition coefficient (Wildman–Crippen LogP) is 0.867. The number of nitrogens with two attached hydrogens (primary N) is 1. The fourth-order valence-electron chi connectivity index (χ4n) is 0.271. The van der Waals surface area contributed by atoms with Crippen LogP contribution in [0.3, 0.4) is 0 Å². The van der Waals surface area contributed by atoms with Crippen LogP contribution in [0.4, 0.5) is 0 Å². The number of amidine groups is 1. The van der Waals surface area contributed by atoms with Gasteiger partial charge in [-0.1, -0.05) is 18.7 Å². The molecular formula is C5H15N2O3PS. The monoisotopic (exact) mass is 214 g/mol. The molecule has 0 aromatic heterocycles. The van der Waals surface area contributed by atoms with E-state index in [1.165, 1.54) is 11.8 Å². The van der Waals surface area contributed by atoms with Gasteiger partial charge in [0.2, 0.25) is 0 Å². The zero-order valence-electron chi connectivity index (χ0n) is 7.15. The van der Waals surface area contributed by atoms with E-state index in [2.05, 4.69) is 4.52 Å². The van der Waals surface area contributed by atoms with Crippen LogP contribution in [0.1, 0.15) is 13.8 Å². The van der Waals surface area contributed by atoms with Crippen molar-refractivity contribution < 1.29 is 14.3 Å². The molecule has 0 amide bonds. The van der Waals surface area contributed by atoms with Crippen LogP contribution in [0.15, 0.2) is 0 Å². The minimum absolute atomic E-state index is 0.206. The molecule has 0 aromatic rings. The van der Waals surface area contributed by atoms with E-state index >= 15 is 0 Å². The summed E-state index contributed by atoms with van der Waals surface area (Å²) in [5.41, 5.74) is 4.95. The quantitative estimate of drug-likeness (QED) is 0.317. The van der Waals surface area contributed by atoms with Crippen molar-refractivity contribution in [3.8, 4) is 0 Å². The molecule has 0 atom stereocenters. The van der Waals surface area contributed by atoms with Crippen LogP contribution in [0.2, 0.25) is 0 Å². The van der Waals surface area contributed by atoms with E-state index in [1.807, 2.05) is 6.92 Å². The van der Waals surface area contributed by atoms with E-state index in [4.69, 9.17) is 20.9 Å². The highest BCUT2D eigenvalue weighted by Crippen LogP contribution is 2.22. The van der Waals surface area contributed by atoms with Gasteiger partial charge in [0.15, 0.2) is 5.17 Å². The highest BCUT2D eigenvalue weighted by molar-refractivity contribution is 8.13. The Balaban J connectivity index is 0. The largest absolute Gasteiger partial charge is 0.379 e. The summed E-state index contributed by atoms with van der Waals surface area (Å²) < 4.78 is 4.22. The van der Waals surface area contributed by atoms with E-state index < -0.39 is 8.60 Å². The van der Waals surface area contributed by atoms with Crippen LogP contribution < -0.4 is 5.73 Å². The average Bonchev–Trinajstić information content (AvgIpc) is 1.87. The maximum absolute atomic E-state index is 7.95. The zero-order chi connectivity index (χ0) is 9.98. The molecule has 0 aliphatic heterocycles. The van der Waals surface area contributed by atoms with Gasteiger partial charge in [-0.3, -0.25) is 5.41 Å². The Kier molecular flexibility index (Phi) is 13.6. The van der Waals surface area contributed by atoms with Crippen molar-refractivity contribution in [3.63, 3.8) is 0 Å². The lowest BCUT2D eigenvalue weighted by atomic mass is 10.9. The van der Waals surface area contributed by atoms with Crippen LogP contribution in [0.25, 0.3) is 0 Å². The second-order valence-corrected chi connectivity index (χ2v) is 3.54. The molecule has 7 heteroatoms. The van der Waals surface area contributed by atoms with Gasteiger partial charge in [0, 0.05) is 0 Å². The van der Waals surface area contributed by atoms with Gasteiger partial charge in [0.25, 0.3) is 0 Å². The van der Waals surface area contributed by atoms with E-state index in [1.54, 1.807) is 6.92 Å². The molecule has 0 fully saturated rings. The summed E-state index contributed by atoms with van der Waals surface area (Å²) in [5, 5.41) is 6.84. The van der Waals surface area contributed by atoms with Crippen LogP contribution >= 0.6 is 20.4 Å². The third-order valence-electron chi connectivity index (χ3n) is 0.544. The van der Waals surface area contributed by atoms with Crippen molar-refractivity contribution in [2.75, 3.05) is 12.4 Å². The first-order valence-corrected chi connectivity index (χ1v) is 5.47. The molecule has 0 aromatic carbocycles. The second kappa shape index (κ2) is 11.1. The molecular weight excluding hydrogens is 199 g/mol. The van der Waals surface area contributed by atoms with E-state index in [-0.39, 0.29) is 5.17 Å². The average molecular weight is 214 g/mol. The summed E-state index contributed by atoms with van der Waals surface area (Å²) in [6, 6.07) is 0. The summed E-state index contributed by atoms with van der Waals surface area (Å²) in [7, 11) is -2.10. The van der Waals surface area contributed by atoms with Crippen molar-refractivity contribution in [1.29, 1.82) is 5.41 Å². The Morgan fingerprint density at radius 3 is 2.08 bits per heavy atom. The molecule has 0 rings (SSSR count). The van der Waals surface area contributed by atoms with Gasteiger partial charge in [0.05, 0.1) is 6.61 Å². The minimum Gasteiger partial charge on any atom is -0.379 e. The molecule has 74 valence electrons. The lowest BCUT2D eigenvalue weighted by molar-refractivity contribution is 0.269. The molecule has 0 aliphatic rings. The Hall–Kier alpha value is 0.130. The van der Waals surface area contributed by atoms with E-state index in [9.17, 15) is 0 Å². The van der Waals surface area contributed by atoms with Crippen molar-refractivity contribution >= 4 is 25.5 Å². The van der Waals surface area contributed by atoms with Crippen molar-refractivity contribution in [1.82, 2.24) is 0 Å². The molecule has 0 spiro atoms. The van der Waals surface area contributed by atoms with Crippen LogP contribution in [0, 0.1) is 5.41 Å². The fraction of sp³-hybridized carbons (Fsp3) is 0.800. The van der Waals surface area contributed by atoms with Gasteiger partial charge < -0.3 is 20.0 Å². The zero-order valence-corrected chi connectivity index (χ0v) is 8.86.